The van der Waals surface area contributed by atoms with Crippen molar-refractivity contribution >= 4 is 17.3 Å². The van der Waals surface area contributed by atoms with Crippen molar-refractivity contribution in [2.45, 2.75) is 19.0 Å². The molecule has 1 aliphatic heterocycles. The fraction of sp³-hybridized carbons (Fsp3) is 0.438. The summed E-state index contributed by atoms with van der Waals surface area (Å²) in [5.74, 6) is 0.438. The Morgan fingerprint density at radius 2 is 2.07 bits per heavy atom. The number of hydrogen-bond donors (Lipinski definition) is 2. The van der Waals surface area contributed by atoms with Crippen LogP contribution in [-0.4, -0.2) is 39.9 Å². The minimum atomic E-state index is -4.63. The normalized spacial score (nSPS) is 17.2. The average molecular weight is 379 g/mol. The monoisotopic (exact) mass is 379 g/mol. The second-order valence-electron chi connectivity index (χ2n) is 5.98. The van der Waals surface area contributed by atoms with Crippen molar-refractivity contribution < 1.29 is 17.9 Å². The molecule has 1 fully saturated rings. The number of rotatable bonds is 5. The van der Waals surface area contributed by atoms with E-state index in [1.165, 1.54) is 18.5 Å². The average Bonchev–Trinajstić information content (AvgIpc) is 2.67. The largest absolute Gasteiger partial charge is 0.437 e. The van der Waals surface area contributed by atoms with Crippen molar-refractivity contribution in [3.05, 3.63) is 29.8 Å². The lowest BCUT2D eigenvalue weighted by Crippen LogP contribution is -2.25. The van der Waals surface area contributed by atoms with Crippen LogP contribution in [0.5, 0.6) is 0 Å². The number of nitriles is 1. The lowest BCUT2D eigenvalue weighted by atomic mass is 10.0. The van der Waals surface area contributed by atoms with Crippen molar-refractivity contribution in [2.75, 3.05) is 30.4 Å². The third kappa shape index (κ3) is 5.01. The summed E-state index contributed by atoms with van der Waals surface area (Å²) in [6.07, 6.45) is -0.340. The molecule has 0 saturated carbocycles. The molecule has 1 atom stereocenters. The van der Waals surface area contributed by atoms with Gasteiger partial charge >= 0.3 is 6.18 Å². The van der Waals surface area contributed by atoms with Crippen molar-refractivity contribution in [2.24, 2.45) is 5.92 Å². The van der Waals surface area contributed by atoms with E-state index in [0.717, 1.165) is 12.8 Å². The van der Waals surface area contributed by atoms with E-state index in [4.69, 9.17) is 10.00 Å². The van der Waals surface area contributed by atoms with Gasteiger partial charge in [0.2, 0.25) is 0 Å². The van der Waals surface area contributed by atoms with Crippen LogP contribution in [0.1, 0.15) is 24.2 Å². The molecule has 8 nitrogen and oxygen atoms in total. The first-order valence-electron chi connectivity index (χ1n) is 8.21. The summed E-state index contributed by atoms with van der Waals surface area (Å²) >= 11 is 0. The van der Waals surface area contributed by atoms with Gasteiger partial charge in [-0.15, -0.1) is 10.2 Å². The van der Waals surface area contributed by atoms with Crippen LogP contribution in [0.25, 0.3) is 0 Å². The summed E-state index contributed by atoms with van der Waals surface area (Å²) in [4.78, 5) is 7.77. The van der Waals surface area contributed by atoms with E-state index in [0.29, 0.717) is 19.8 Å². The van der Waals surface area contributed by atoms with Gasteiger partial charge in [-0.3, -0.25) is 0 Å². The number of nitrogens with zero attached hydrogens (tertiary/aromatic N) is 5. The van der Waals surface area contributed by atoms with Crippen LogP contribution < -0.4 is 10.6 Å². The summed E-state index contributed by atoms with van der Waals surface area (Å²) in [5, 5.41) is 21.1. The first-order valence-corrected chi connectivity index (χ1v) is 8.21. The number of anilines is 3. The maximum atomic E-state index is 13.2. The van der Waals surface area contributed by atoms with Crippen LogP contribution >= 0.6 is 0 Å². The van der Waals surface area contributed by atoms with Gasteiger partial charge in [-0.1, -0.05) is 0 Å². The standard InChI is InChI=1S/C16H16F3N7O/c17-16(18,19)15-12(22-6-10-2-1-3-27-9-10)4-13(25-26-15)24-14-8-21-11(5-20)7-23-14/h4,7-8,10H,1-3,6,9H2,(H2,22,23,24,25). The molecule has 3 heterocycles. The van der Waals surface area contributed by atoms with Gasteiger partial charge in [0.15, 0.2) is 17.2 Å². The molecule has 0 aliphatic carbocycles. The molecule has 142 valence electrons. The van der Waals surface area contributed by atoms with Crippen LogP contribution in [0, 0.1) is 17.2 Å². The van der Waals surface area contributed by atoms with Crippen molar-refractivity contribution in [1.29, 1.82) is 5.26 Å². The van der Waals surface area contributed by atoms with E-state index in [-0.39, 0.29) is 28.9 Å². The maximum Gasteiger partial charge on any atom is 0.437 e. The summed E-state index contributed by atoms with van der Waals surface area (Å²) in [6, 6.07) is 3.05. The van der Waals surface area contributed by atoms with Gasteiger partial charge in [0, 0.05) is 19.2 Å². The molecule has 0 spiro atoms. The van der Waals surface area contributed by atoms with Crippen molar-refractivity contribution in [3.8, 4) is 6.07 Å². The molecule has 2 aromatic rings. The third-order valence-electron chi connectivity index (χ3n) is 3.92. The summed E-state index contributed by atoms with van der Waals surface area (Å²) in [5.41, 5.74) is -1.14. The van der Waals surface area contributed by atoms with Crippen LogP contribution in [0.4, 0.5) is 30.5 Å². The number of ether oxygens (including phenoxy) is 1. The molecule has 1 saturated heterocycles. The number of hydrogen-bond acceptors (Lipinski definition) is 8. The molecule has 0 radical (unpaired) electrons. The molecule has 0 aromatic carbocycles. The molecular formula is C16H16F3N7O. The Kier molecular flexibility index (Phi) is 5.66. The van der Waals surface area contributed by atoms with E-state index in [9.17, 15) is 13.2 Å². The predicted octanol–water partition coefficient (Wildman–Crippen LogP) is 2.74. The van der Waals surface area contributed by atoms with Crippen molar-refractivity contribution in [1.82, 2.24) is 20.2 Å². The fourth-order valence-corrected chi connectivity index (χ4v) is 2.60. The molecule has 11 heteroatoms. The van der Waals surface area contributed by atoms with Crippen LogP contribution in [0.2, 0.25) is 0 Å². The topological polar surface area (TPSA) is 109 Å². The fourth-order valence-electron chi connectivity index (χ4n) is 2.60. The molecule has 3 rings (SSSR count). The zero-order chi connectivity index (χ0) is 19.3. The number of nitrogens with one attached hydrogen (secondary N) is 2. The molecule has 1 unspecified atom stereocenters. The highest BCUT2D eigenvalue weighted by atomic mass is 19.4. The molecule has 2 aromatic heterocycles. The van der Waals surface area contributed by atoms with E-state index in [1.54, 1.807) is 0 Å². The van der Waals surface area contributed by atoms with Crippen LogP contribution in [0.15, 0.2) is 18.5 Å². The van der Waals surface area contributed by atoms with Gasteiger partial charge in [0.05, 0.1) is 24.7 Å². The number of halogens is 3. The molecule has 1 aliphatic rings. The number of alkyl halides is 3. The first-order chi connectivity index (χ1) is 13.0. The van der Waals surface area contributed by atoms with Gasteiger partial charge in [-0.25, -0.2) is 9.97 Å². The Morgan fingerprint density at radius 1 is 1.22 bits per heavy atom. The Labute approximate surface area is 152 Å². The Morgan fingerprint density at radius 3 is 2.70 bits per heavy atom. The number of aromatic nitrogens is 4. The maximum absolute atomic E-state index is 13.2. The van der Waals surface area contributed by atoms with Crippen LogP contribution in [0.3, 0.4) is 0 Å². The minimum Gasteiger partial charge on any atom is -0.383 e. The highest BCUT2D eigenvalue weighted by Gasteiger charge is 2.36. The molecule has 2 N–H and O–H groups in total. The smallest absolute Gasteiger partial charge is 0.383 e. The zero-order valence-corrected chi connectivity index (χ0v) is 14.1. The second-order valence-corrected chi connectivity index (χ2v) is 5.98. The highest BCUT2D eigenvalue weighted by Crippen LogP contribution is 2.34. The second kappa shape index (κ2) is 8.13. The summed E-state index contributed by atoms with van der Waals surface area (Å²) in [7, 11) is 0. The van der Waals surface area contributed by atoms with Gasteiger partial charge in [-0.2, -0.15) is 18.4 Å². The molecule has 27 heavy (non-hydrogen) atoms. The first kappa shape index (κ1) is 18.8. The van der Waals surface area contributed by atoms with Crippen molar-refractivity contribution in [3.63, 3.8) is 0 Å². The van der Waals surface area contributed by atoms with E-state index < -0.39 is 11.9 Å². The van der Waals surface area contributed by atoms with Gasteiger partial charge < -0.3 is 15.4 Å². The Balaban J connectivity index is 1.77. The quantitative estimate of drug-likeness (QED) is 0.816. The SMILES string of the molecule is N#Cc1cnc(Nc2cc(NCC3CCCOC3)c(C(F)(F)F)nn2)cn1. The van der Waals surface area contributed by atoms with Gasteiger partial charge in [0.1, 0.15) is 11.9 Å². The van der Waals surface area contributed by atoms with E-state index in [1.807, 2.05) is 6.07 Å². The Hall–Kier alpha value is -3.00. The Bertz CT molecular complexity index is 814. The third-order valence-corrected chi connectivity index (χ3v) is 3.92. The van der Waals surface area contributed by atoms with Gasteiger partial charge in [-0.05, 0) is 18.8 Å². The molecule has 0 amide bonds. The lowest BCUT2D eigenvalue weighted by Gasteiger charge is -2.23. The van der Waals surface area contributed by atoms with E-state index >= 15 is 0 Å². The highest BCUT2D eigenvalue weighted by molar-refractivity contribution is 5.60. The predicted molar refractivity (Wildman–Crippen MR) is 89.1 cm³/mol. The molecular weight excluding hydrogens is 363 g/mol. The zero-order valence-electron chi connectivity index (χ0n) is 14.1. The minimum absolute atomic E-state index is 0.0735. The molecule has 0 bridgehead atoms. The van der Waals surface area contributed by atoms with Gasteiger partial charge in [0.25, 0.3) is 0 Å². The van der Waals surface area contributed by atoms with E-state index in [2.05, 4.69) is 30.8 Å². The summed E-state index contributed by atoms with van der Waals surface area (Å²) < 4.78 is 45.0. The lowest BCUT2D eigenvalue weighted by molar-refractivity contribution is -0.141. The summed E-state index contributed by atoms with van der Waals surface area (Å²) in [6.45, 7) is 1.53. The van der Waals surface area contributed by atoms with Crippen LogP contribution in [-0.2, 0) is 10.9 Å².